The summed E-state index contributed by atoms with van der Waals surface area (Å²) < 4.78 is 0. The predicted octanol–water partition coefficient (Wildman–Crippen LogP) is 1.84. The molecule has 0 radical (unpaired) electrons. The first kappa shape index (κ1) is 19.1. The van der Waals surface area contributed by atoms with Crippen molar-refractivity contribution in [2.75, 3.05) is 25.9 Å². The van der Waals surface area contributed by atoms with Crippen molar-refractivity contribution in [2.24, 2.45) is 5.41 Å². The Labute approximate surface area is 147 Å². The first-order valence-corrected chi connectivity index (χ1v) is 11.3. The predicted molar refractivity (Wildman–Crippen MR) is 95.7 cm³/mol. The summed E-state index contributed by atoms with van der Waals surface area (Å²) in [6.45, 7) is 8.77. The molecule has 0 N–H and O–H groups in total. The van der Waals surface area contributed by atoms with Gasteiger partial charge in [0.1, 0.15) is 0 Å². The van der Waals surface area contributed by atoms with Crippen LogP contribution in [-0.4, -0.2) is 64.6 Å². The number of hydrogen-bond donors (Lipinski definition) is 0. The molecule has 2 heterocycles. The molecule has 0 spiro atoms. The normalized spacial score (nSPS) is 22.9. The van der Waals surface area contributed by atoms with E-state index in [1.165, 1.54) is 17.1 Å². The first-order chi connectivity index (χ1) is 11.1. The molecule has 24 heavy (non-hydrogen) atoms. The number of rotatable bonds is 6. The molecule has 2 aliphatic rings. The van der Waals surface area contributed by atoms with E-state index in [4.69, 9.17) is 0 Å². The molecule has 0 saturated carbocycles. The van der Waals surface area contributed by atoms with E-state index in [-0.39, 0.29) is 49.1 Å². The fourth-order valence-corrected chi connectivity index (χ4v) is 8.21. The zero-order chi connectivity index (χ0) is 18.1. The highest BCUT2D eigenvalue weighted by atomic mass is 32.7. The van der Waals surface area contributed by atoms with Crippen molar-refractivity contribution in [3.63, 3.8) is 0 Å². The Kier molecular flexibility index (Phi) is 5.87. The molecule has 0 aromatic rings. The molecular weight excluding hydrogens is 347 g/mol. The van der Waals surface area contributed by atoms with E-state index in [2.05, 4.69) is 27.4 Å². The third kappa shape index (κ3) is 4.67. The van der Waals surface area contributed by atoms with Crippen LogP contribution in [0.4, 0.5) is 0 Å². The van der Waals surface area contributed by atoms with Gasteiger partial charge in [-0.2, -0.15) is 0 Å². The zero-order valence-corrected chi connectivity index (χ0v) is 16.2. The highest BCUT2D eigenvalue weighted by Crippen LogP contribution is 2.54. The number of nitrogens with zero attached hydrogens (tertiary/aromatic N) is 2. The van der Waals surface area contributed by atoms with Gasteiger partial charge in [0, 0.05) is 31.7 Å². The van der Waals surface area contributed by atoms with E-state index in [9.17, 15) is 19.2 Å². The van der Waals surface area contributed by atoms with E-state index in [1.54, 1.807) is 11.4 Å². The molecule has 0 aromatic heterocycles. The second kappa shape index (κ2) is 7.36. The van der Waals surface area contributed by atoms with Gasteiger partial charge in [-0.1, -0.05) is 20.8 Å². The van der Waals surface area contributed by atoms with Gasteiger partial charge in [-0.05, 0) is 25.4 Å². The van der Waals surface area contributed by atoms with Crippen LogP contribution < -0.4 is 0 Å². The summed E-state index contributed by atoms with van der Waals surface area (Å²) in [5.74, 6) is -1.21. The summed E-state index contributed by atoms with van der Waals surface area (Å²) in [5, 5.41) is -0.334. The van der Waals surface area contributed by atoms with Gasteiger partial charge in [0.15, 0.2) is 0 Å². The monoisotopic (exact) mass is 370 g/mol. The second-order valence-corrected chi connectivity index (χ2v) is 12.0. The maximum Gasteiger partial charge on any atom is 0.253 e. The molecule has 0 aliphatic carbocycles. The molecule has 2 unspecified atom stereocenters. The number of likely N-dealkylation sites (tertiary alicyclic amines) is 1. The molecule has 0 aromatic carbocycles. The van der Waals surface area contributed by atoms with Gasteiger partial charge < -0.3 is 0 Å². The molecular formula is C16H23N2O4PS. The highest BCUT2D eigenvalue weighted by molar-refractivity contribution is 8.56. The minimum Gasteiger partial charge on any atom is -0.280 e. The van der Waals surface area contributed by atoms with Crippen molar-refractivity contribution in [1.29, 1.82) is 0 Å². The third-order valence-corrected chi connectivity index (χ3v) is 8.26. The lowest BCUT2D eigenvalue weighted by Crippen LogP contribution is -2.41. The zero-order valence-electron chi connectivity index (χ0n) is 14.4. The van der Waals surface area contributed by atoms with Crippen LogP contribution in [0.15, 0.2) is 12.2 Å². The van der Waals surface area contributed by atoms with E-state index in [0.29, 0.717) is 0 Å². The van der Waals surface area contributed by atoms with Crippen LogP contribution in [0, 0.1) is 5.41 Å². The lowest BCUT2D eigenvalue weighted by atomic mass is 10.0. The van der Waals surface area contributed by atoms with Crippen molar-refractivity contribution in [2.45, 2.75) is 32.4 Å². The van der Waals surface area contributed by atoms with Crippen LogP contribution in [0.1, 0.15) is 27.2 Å². The average Bonchev–Trinajstić information content (AvgIpc) is 2.88. The molecule has 8 heteroatoms. The van der Waals surface area contributed by atoms with Crippen molar-refractivity contribution >= 4 is 42.1 Å². The average molecular weight is 370 g/mol. The molecule has 6 nitrogen and oxygen atoms in total. The fraction of sp³-hybridized carbons (Fsp3) is 0.625. The molecule has 1 fully saturated rings. The molecule has 4 amide bonds. The lowest BCUT2D eigenvalue weighted by Gasteiger charge is -2.24. The molecule has 132 valence electrons. The maximum atomic E-state index is 12.5. The first-order valence-electron chi connectivity index (χ1n) is 7.84. The number of hydrogen-bond acceptors (Lipinski definition) is 5. The van der Waals surface area contributed by atoms with Gasteiger partial charge in [0.25, 0.3) is 11.8 Å². The van der Waals surface area contributed by atoms with Crippen LogP contribution >= 0.6 is 18.5 Å². The molecule has 1 saturated heterocycles. The molecule has 2 rings (SSSR count). The van der Waals surface area contributed by atoms with Crippen LogP contribution in [-0.2, 0) is 19.2 Å². The number of carbonyl (C=O) groups excluding carboxylic acids is 4. The van der Waals surface area contributed by atoms with Crippen LogP contribution in [0.2, 0.25) is 0 Å². The number of amides is 4. The summed E-state index contributed by atoms with van der Waals surface area (Å²) in [7, 11) is -0.388. The number of imide groups is 2. The van der Waals surface area contributed by atoms with Crippen molar-refractivity contribution in [3.05, 3.63) is 12.2 Å². The summed E-state index contributed by atoms with van der Waals surface area (Å²) in [6.07, 6.45) is 3.63. The number of carbonyl (C=O) groups is 4. The second-order valence-electron chi connectivity index (χ2n) is 7.19. The summed E-state index contributed by atoms with van der Waals surface area (Å²) >= 11 is 1.60. The molecule has 2 aliphatic heterocycles. The Morgan fingerprint density at radius 2 is 1.62 bits per heavy atom. The highest BCUT2D eigenvalue weighted by Gasteiger charge is 2.40. The topological polar surface area (TPSA) is 74.8 Å². The standard InChI is InChI=1S/C16H23N2O4PS/c1-16(2,3)10-23(4)24-11-9-14(21)18(15(11)22)8-7-17-12(19)5-6-13(17)20/h5-6,11H,7-10H2,1-4H3. The Morgan fingerprint density at radius 3 is 2.17 bits per heavy atom. The molecule has 0 bridgehead atoms. The summed E-state index contributed by atoms with van der Waals surface area (Å²) in [4.78, 5) is 49.9. The van der Waals surface area contributed by atoms with Gasteiger partial charge in [-0.25, -0.2) is 0 Å². The van der Waals surface area contributed by atoms with Crippen LogP contribution in [0.3, 0.4) is 0 Å². The summed E-state index contributed by atoms with van der Waals surface area (Å²) in [5.41, 5.74) is 0.197. The minimum absolute atomic E-state index is 0.0579. The maximum absolute atomic E-state index is 12.5. The van der Waals surface area contributed by atoms with Crippen LogP contribution in [0.5, 0.6) is 0 Å². The van der Waals surface area contributed by atoms with Gasteiger partial charge in [0.2, 0.25) is 11.8 Å². The Hall–Kier alpha value is -1.20. The minimum atomic E-state index is -0.396. The Balaban J connectivity index is 1.89. The van der Waals surface area contributed by atoms with E-state index in [1.807, 2.05) is 0 Å². The van der Waals surface area contributed by atoms with E-state index in [0.717, 1.165) is 11.1 Å². The lowest BCUT2D eigenvalue weighted by molar-refractivity contribution is -0.142. The van der Waals surface area contributed by atoms with Gasteiger partial charge in [0.05, 0.1) is 5.25 Å². The van der Waals surface area contributed by atoms with Crippen LogP contribution in [0.25, 0.3) is 0 Å². The fourth-order valence-electron chi connectivity index (χ4n) is 2.74. The summed E-state index contributed by atoms with van der Waals surface area (Å²) in [6, 6.07) is 0. The van der Waals surface area contributed by atoms with Crippen molar-refractivity contribution in [1.82, 2.24) is 9.80 Å². The largest absolute Gasteiger partial charge is 0.280 e. The third-order valence-electron chi connectivity index (χ3n) is 3.65. The van der Waals surface area contributed by atoms with Gasteiger partial charge in [-0.3, -0.25) is 29.0 Å². The Morgan fingerprint density at radius 1 is 1.08 bits per heavy atom. The van der Waals surface area contributed by atoms with Crippen molar-refractivity contribution < 1.29 is 19.2 Å². The SMILES string of the molecule is CP(CC(C)(C)C)SC1CC(=O)N(CCN2C(=O)C=CC2=O)C1=O. The van der Waals surface area contributed by atoms with E-state index >= 15 is 0 Å². The molecule has 2 atom stereocenters. The van der Waals surface area contributed by atoms with E-state index < -0.39 is 11.8 Å². The van der Waals surface area contributed by atoms with Gasteiger partial charge in [-0.15, -0.1) is 11.4 Å². The smallest absolute Gasteiger partial charge is 0.253 e. The Bertz CT molecular complexity index is 581. The quantitative estimate of drug-likeness (QED) is 0.527. The van der Waals surface area contributed by atoms with Crippen molar-refractivity contribution in [3.8, 4) is 0 Å². The van der Waals surface area contributed by atoms with Gasteiger partial charge >= 0.3 is 0 Å².